The summed E-state index contributed by atoms with van der Waals surface area (Å²) < 4.78 is 0. The Bertz CT molecular complexity index is 274. The Hall–Kier alpha value is -1.06. The van der Waals surface area contributed by atoms with Crippen molar-refractivity contribution in [3.05, 3.63) is 0 Å². The maximum absolute atomic E-state index is 9.21. The van der Waals surface area contributed by atoms with Crippen LogP contribution in [0, 0.1) is 28.6 Å². The molecule has 0 aromatic carbocycles. The van der Waals surface area contributed by atoms with Crippen LogP contribution in [0.4, 0.5) is 0 Å². The predicted octanol–water partition coefficient (Wildman–Crippen LogP) is 2.69. The molecule has 2 atom stereocenters. The van der Waals surface area contributed by atoms with Gasteiger partial charge in [-0.05, 0) is 19.4 Å². The lowest BCUT2D eigenvalue weighted by atomic mass is 9.94. The molecule has 0 bridgehead atoms. The van der Waals surface area contributed by atoms with E-state index in [0.29, 0.717) is 12.5 Å². The molecule has 2 unspecified atom stereocenters. The Morgan fingerprint density at radius 2 is 1.94 bits per heavy atom. The Balaban J connectivity index is 2.63. The fourth-order valence-corrected chi connectivity index (χ4v) is 2.63. The lowest BCUT2D eigenvalue weighted by Gasteiger charge is -2.32. The van der Waals surface area contributed by atoms with Gasteiger partial charge in [0.2, 0.25) is 0 Å². The molecule has 1 rings (SSSR count). The SMILES string of the molecule is CCN(CCC#N)C1CCCCCC1C#N. The predicted molar refractivity (Wildman–Crippen MR) is 63.5 cm³/mol. The van der Waals surface area contributed by atoms with Crippen molar-refractivity contribution in [1.29, 1.82) is 10.5 Å². The molecule has 1 saturated carbocycles. The van der Waals surface area contributed by atoms with Gasteiger partial charge in [-0.1, -0.05) is 26.2 Å². The molecule has 1 aliphatic carbocycles. The quantitative estimate of drug-likeness (QED) is 0.683. The summed E-state index contributed by atoms with van der Waals surface area (Å²) in [7, 11) is 0. The van der Waals surface area contributed by atoms with E-state index in [0.717, 1.165) is 25.9 Å². The highest BCUT2D eigenvalue weighted by Gasteiger charge is 2.27. The van der Waals surface area contributed by atoms with Crippen LogP contribution in [0.5, 0.6) is 0 Å². The molecule has 3 nitrogen and oxygen atoms in total. The molecule has 88 valence electrons. The molecule has 0 N–H and O–H groups in total. The van der Waals surface area contributed by atoms with Crippen LogP contribution in [0.25, 0.3) is 0 Å². The molecule has 16 heavy (non-hydrogen) atoms. The topological polar surface area (TPSA) is 50.8 Å². The van der Waals surface area contributed by atoms with Gasteiger partial charge in [0.1, 0.15) is 0 Å². The van der Waals surface area contributed by atoms with Gasteiger partial charge in [-0.2, -0.15) is 10.5 Å². The summed E-state index contributed by atoms with van der Waals surface area (Å²) >= 11 is 0. The second kappa shape index (κ2) is 7.25. The molecule has 3 heteroatoms. The van der Waals surface area contributed by atoms with Gasteiger partial charge < -0.3 is 0 Å². The van der Waals surface area contributed by atoms with Crippen molar-refractivity contribution in [2.24, 2.45) is 5.92 Å². The Morgan fingerprint density at radius 1 is 1.19 bits per heavy atom. The van der Waals surface area contributed by atoms with E-state index in [1.807, 2.05) is 0 Å². The van der Waals surface area contributed by atoms with Crippen molar-refractivity contribution in [2.45, 2.75) is 51.5 Å². The first kappa shape index (κ1) is 13.0. The third kappa shape index (κ3) is 3.51. The molecule has 0 amide bonds. The number of nitriles is 2. The van der Waals surface area contributed by atoms with E-state index in [4.69, 9.17) is 5.26 Å². The number of nitrogens with zero attached hydrogens (tertiary/aromatic N) is 3. The molecular formula is C13H21N3. The van der Waals surface area contributed by atoms with E-state index in [2.05, 4.69) is 24.0 Å². The summed E-state index contributed by atoms with van der Waals surface area (Å²) in [6, 6.07) is 5.04. The molecule has 1 fully saturated rings. The molecule has 0 spiro atoms. The van der Waals surface area contributed by atoms with E-state index in [-0.39, 0.29) is 5.92 Å². The molecule has 0 aromatic rings. The first-order valence-electron chi connectivity index (χ1n) is 6.34. The summed E-state index contributed by atoms with van der Waals surface area (Å²) in [6.07, 6.45) is 6.39. The van der Waals surface area contributed by atoms with Crippen LogP contribution < -0.4 is 0 Å². The minimum atomic E-state index is 0.168. The van der Waals surface area contributed by atoms with Crippen LogP contribution in [-0.4, -0.2) is 24.0 Å². The molecule has 0 saturated heterocycles. The molecule has 1 aliphatic rings. The Labute approximate surface area is 98.7 Å². The zero-order valence-corrected chi connectivity index (χ0v) is 10.2. The van der Waals surface area contributed by atoms with Crippen LogP contribution in [0.15, 0.2) is 0 Å². The summed E-state index contributed by atoms with van der Waals surface area (Å²) in [5.41, 5.74) is 0. The van der Waals surface area contributed by atoms with Crippen LogP contribution >= 0.6 is 0 Å². The largest absolute Gasteiger partial charge is 0.298 e. The zero-order chi connectivity index (χ0) is 11.8. The first-order valence-corrected chi connectivity index (χ1v) is 6.34. The molecular weight excluding hydrogens is 198 g/mol. The van der Waals surface area contributed by atoms with Crippen LogP contribution in [-0.2, 0) is 0 Å². The van der Waals surface area contributed by atoms with Gasteiger partial charge in [-0.3, -0.25) is 4.90 Å². The minimum absolute atomic E-state index is 0.168. The highest BCUT2D eigenvalue weighted by molar-refractivity contribution is 4.95. The highest BCUT2D eigenvalue weighted by Crippen LogP contribution is 2.27. The molecule has 0 aromatic heterocycles. The number of hydrogen-bond acceptors (Lipinski definition) is 3. The van der Waals surface area contributed by atoms with Gasteiger partial charge in [0.15, 0.2) is 0 Å². The van der Waals surface area contributed by atoms with Gasteiger partial charge in [0.05, 0.1) is 18.1 Å². The van der Waals surface area contributed by atoms with Gasteiger partial charge >= 0.3 is 0 Å². The Morgan fingerprint density at radius 3 is 2.56 bits per heavy atom. The second-order valence-corrected chi connectivity index (χ2v) is 4.48. The van der Waals surface area contributed by atoms with Crippen molar-refractivity contribution in [3.63, 3.8) is 0 Å². The summed E-state index contributed by atoms with van der Waals surface area (Å²) in [5.74, 6) is 0.168. The van der Waals surface area contributed by atoms with Gasteiger partial charge in [-0.25, -0.2) is 0 Å². The van der Waals surface area contributed by atoms with Crippen molar-refractivity contribution in [2.75, 3.05) is 13.1 Å². The number of hydrogen-bond donors (Lipinski definition) is 0. The average Bonchev–Trinajstić information content (AvgIpc) is 2.55. The summed E-state index contributed by atoms with van der Waals surface area (Å²) in [4.78, 5) is 2.32. The molecule has 0 aliphatic heterocycles. The third-order valence-corrected chi connectivity index (χ3v) is 3.53. The summed E-state index contributed by atoms with van der Waals surface area (Å²) in [6.45, 7) is 3.89. The van der Waals surface area contributed by atoms with E-state index >= 15 is 0 Å². The Kier molecular flexibility index (Phi) is 5.90. The van der Waals surface area contributed by atoms with Crippen molar-refractivity contribution in [1.82, 2.24) is 4.90 Å². The standard InChI is InChI=1S/C13H21N3/c1-2-16(10-6-9-14)13-8-5-3-4-7-12(13)11-15/h12-13H,2-8,10H2,1H3. The molecule has 0 heterocycles. The maximum atomic E-state index is 9.21. The maximum Gasteiger partial charge on any atom is 0.0672 e. The zero-order valence-electron chi connectivity index (χ0n) is 10.2. The normalized spacial score (nSPS) is 25.8. The van der Waals surface area contributed by atoms with Crippen molar-refractivity contribution in [3.8, 4) is 12.1 Å². The third-order valence-electron chi connectivity index (χ3n) is 3.53. The van der Waals surface area contributed by atoms with E-state index < -0.39 is 0 Å². The fraction of sp³-hybridized carbons (Fsp3) is 0.846. The van der Waals surface area contributed by atoms with E-state index in [1.165, 1.54) is 19.3 Å². The van der Waals surface area contributed by atoms with Crippen molar-refractivity contribution < 1.29 is 0 Å². The summed E-state index contributed by atoms with van der Waals surface area (Å²) in [5, 5.41) is 17.9. The first-order chi connectivity index (χ1) is 7.83. The van der Waals surface area contributed by atoms with Crippen molar-refractivity contribution >= 4 is 0 Å². The number of rotatable bonds is 4. The smallest absolute Gasteiger partial charge is 0.0672 e. The average molecular weight is 219 g/mol. The fourth-order valence-electron chi connectivity index (χ4n) is 2.63. The highest BCUT2D eigenvalue weighted by atomic mass is 15.1. The molecule has 0 radical (unpaired) electrons. The van der Waals surface area contributed by atoms with E-state index in [9.17, 15) is 5.26 Å². The second-order valence-electron chi connectivity index (χ2n) is 4.48. The van der Waals surface area contributed by atoms with Crippen LogP contribution in [0.2, 0.25) is 0 Å². The lowest BCUT2D eigenvalue weighted by molar-refractivity contribution is 0.165. The lowest BCUT2D eigenvalue weighted by Crippen LogP contribution is -2.40. The monoisotopic (exact) mass is 219 g/mol. The van der Waals surface area contributed by atoms with E-state index in [1.54, 1.807) is 0 Å². The van der Waals surface area contributed by atoms with Crippen LogP contribution in [0.1, 0.15) is 45.4 Å². The minimum Gasteiger partial charge on any atom is -0.298 e. The van der Waals surface area contributed by atoms with Crippen LogP contribution in [0.3, 0.4) is 0 Å². The van der Waals surface area contributed by atoms with Gasteiger partial charge in [0, 0.05) is 19.0 Å². The van der Waals surface area contributed by atoms with Gasteiger partial charge in [0.25, 0.3) is 0 Å². The van der Waals surface area contributed by atoms with Gasteiger partial charge in [-0.15, -0.1) is 0 Å².